The first-order chi connectivity index (χ1) is 8.81. The van der Waals surface area contributed by atoms with Crippen LogP contribution in [0.2, 0.25) is 5.15 Å². The van der Waals surface area contributed by atoms with E-state index in [0.717, 1.165) is 0 Å². The van der Waals surface area contributed by atoms with Crippen molar-refractivity contribution in [1.29, 1.82) is 0 Å². The van der Waals surface area contributed by atoms with Crippen LogP contribution in [0.15, 0.2) is 12.1 Å². The number of anilines is 1. The summed E-state index contributed by atoms with van der Waals surface area (Å²) in [6.45, 7) is 1.95. The summed E-state index contributed by atoms with van der Waals surface area (Å²) < 4.78 is 35.8. The zero-order valence-electron chi connectivity index (χ0n) is 10.1. The summed E-state index contributed by atoms with van der Waals surface area (Å²) in [6, 6.07) is 2.73. The molecule has 0 aliphatic heterocycles. The van der Waals surface area contributed by atoms with Gasteiger partial charge in [-0.1, -0.05) is 11.6 Å². The Balaban J connectivity index is 2.66. The first-order valence-electron chi connectivity index (χ1n) is 5.58. The summed E-state index contributed by atoms with van der Waals surface area (Å²) >= 11 is 5.73. The van der Waals surface area contributed by atoms with Crippen LogP contribution in [0.5, 0.6) is 0 Å². The van der Waals surface area contributed by atoms with E-state index < -0.39 is 25.0 Å². The van der Waals surface area contributed by atoms with Gasteiger partial charge in [0.1, 0.15) is 11.0 Å². The summed E-state index contributed by atoms with van der Waals surface area (Å²) in [5.74, 6) is -0.219. The topological polar surface area (TPSA) is 54.0 Å². The number of nitrogens with one attached hydrogen (secondary N) is 2. The Morgan fingerprint density at radius 2 is 2.11 bits per heavy atom. The summed E-state index contributed by atoms with van der Waals surface area (Å²) in [6.07, 6.45) is -5.37. The Labute approximate surface area is 113 Å². The number of aromatic nitrogens is 1. The Hall–Kier alpha value is -1.50. The van der Waals surface area contributed by atoms with Gasteiger partial charge in [-0.3, -0.25) is 4.79 Å². The highest BCUT2D eigenvalue weighted by atomic mass is 35.5. The number of halogens is 4. The normalized spacial score (nSPS) is 11.2. The summed E-state index contributed by atoms with van der Waals surface area (Å²) in [4.78, 5) is 15.6. The minimum absolute atomic E-state index is 0.0967. The highest BCUT2D eigenvalue weighted by Crippen LogP contribution is 2.18. The zero-order chi connectivity index (χ0) is 14.5. The molecule has 1 aromatic heterocycles. The van der Waals surface area contributed by atoms with Crippen molar-refractivity contribution in [3.8, 4) is 0 Å². The Morgan fingerprint density at radius 3 is 2.68 bits per heavy atom. The first-order valence-corrected chi connectivity index (χ1v) is 5.96. The van der Waals surface area contributed by atoms with Crippen LogP contribution in [0.25, 0.3) is 0 Å². The highest BCUT2D eigenvalue weighted by molar-refractivity contribution is 6.29. The van der Waals surface area contributed by atoms with E-state index in [0.29, 0.717) is 12.4 Å². The van der Waals surface area contributed by atoms with Crippen LogP contribution in [0.4, 0.5) is 19.0 Å². The molecule has 2 N–H and O–H groups in total. The lowest BCUT2D eigenvalue weighted by atomic mass is 10.2. The van der Waals surface area contributed by atoms with Crippen molar-refractivity contribution >= 4 is 23.3 Å². The molecule has 8 heteroatoms. The molecule has 106 valence electrons. The Bertz CT molecular complexity index is 451. The second-order valence-corrected chi connectivity index (χ2v) is 4.10. The van der Waals surface area contributed by atoms with Crippen molar-refractivity contribution in [3.05, 3.63) is 22.8 Å². The molecule has 0 bridgehead atoms. The lowest BCUT2D eigenvalue weighted by molar-refractivity contribution is -0.132. The zero-order valence-corrected chi connectivity index (χ0v) is 10.9. The van der Waals surface area contributed by atoms with Gasteiger partial charge >= 0.3 is 6.18 Å². The number of alkyl halides is 3. The molecule has 0 aromatic carbocycles. The van der Waals surface area contributed by atoms with Crippen molar-refractivity contribution in [2.75, 3.05) is 18.4 Å². The highest BCUT2D eigenvalue weighted by Gasteiger charge is 2.26. The molecule has 0 aliphatic rings. The molecule has 0 aliphatic carbocycles. The smallest absolute Gasteiger partial charge is 0.370 e. The molecule has 0 fully saturated rings. The number of hydrogen-bond acceptors (Lipinski definition) is 3. The third-order valence-electron chi connectivity index (χ3n) is 2.11. The molecule has 0 saturated heterocycles. The molecule has 1 rings (SSSR count). The van der Waals surface area contributed by atoms with E-state index in [2.05, 4.69) is 15.6 Å². The molecular formula is C11H13ClF3N3O. The lowest BCUT2D eigenvalue weighted by Gasteiger charge is -2.09. The maximum atomic E-state index is 11.9. The fourth-order valence-corrected chi connectivity index (χ4v) is 1.53. The van der Waals surface area contributed by atoms with E-state index in [4.69, 9.17) is 11.6 Å². The largest absolute Gasteiger partial charge is 0.390 e. The molecule has 1 aromatic rings. The number of rotatable bonds is 5. The van der Waals surface area contributed by atoms with Crippen LogP contribution < -0.4 is 10.6 Å². The number of nitrogens with zero attached hydrogens (tertiary/aromatic N) is 1. The monoisotopic (exact) mass is 295 g/mol. The standard InChI is InChI=1S/C11H13ClF3N3O/c1-2-16-9-6-7(5-8(12)18-9)10(19)17-4-3-11(13,14)15/h5-6H,2-4H2,1H3,(H,16,18)(H,17,19). The third kappa shape index (κ3) is 5.78. The van der Waals surface area contributed by atoms with Gasteiger partial charge in [-0.25, -0.2) is 4.98 Å². The molecule has 1 amide bonds. The van der Waals surface area contributed by atoms with Gasteiger partial charge in [-0.15, -0.1) is 0 Å². The average Bonchev–Trinajstić information content (AvgIpc) is 2.26. The second-order valence-electron chi connectivity index (χ2n) is 3.72. The minimum Gasteiger partial charge on any atom is -0.370 e. The van der Waals surface area contributed by atoms with Gasteiger partial charge in [-0.05, 0) is 19.1 Å². The summed E-state index contributed by atoms with van der Waals surface area (Å²) in [7, 11) is 0. The van der Waals surface area contributed by atoms with E-state index >= 15 is 0 Å². The molecule has 0 unspecified atom stereocenters. The van der Waals surface area contributed by atoms with E-state index in [-0.39, 0.29) is 10.7 Å². The van der Waals surface area contributed by atoms with Gasteiger partial charge in [0, 0.05) is 18.7 Å². The summed E-state index contributed by atoms with van der Waals surface area (Å²) in [5.41, 5.74) is 0.165. The van der Waals surface area contributed by atoms with E-state index in [1.165, 1.54) is 12.1 Å². The molecule has 0 saturated carbocycles. The fourth-order valence-electron chi connectivity index (χ4n) is 1.32. The van der Waals surface area contributed by atoms with E-state index in [1.807, 2.05) is 6.92 Å². The van der Waals surface area contributed by atoms with Crippen molar-refractivity contribution in [2.24, 2.45) is 0 Å². The average molecular weight is 296 g/mol. The predicted molar refractivity (Wildman–Crippen MR) is 66.4 cm³/mol. The Kier molecular flexibility index (Phi) is 5.41. The van der Waals surface area contributed by atoms with Crippen LogP contribution >= 0.6 is 11.6 Å². The number of amides is 1. The molecule has 4 nitrogen and oxygen atoms in total. The quantitative estimate of drug-likeness (QED) is 0.821. The fraction of sp³-hybridized carbons (Fsp3) is 0.455. The van der Waals surface area contributed by atoms with Crippen LogP contribution in [0, 0.1) is 0 Å². The van der Waals surface area contributed by atoms with Gasteiger partial charge in [0.2, 0.25) is 0 Å². The van der Waals surface area contributed by atoms with Gasteiger partial charge in [0.25, 0.3) is 5.91 Å². The van der Waals surface area contributed by atoms with Crippen molar-refractivity contribution in [3.63, 3.8) is 0 Å². The number of carbonyl (C=O) groups excluding carboxylic acids is 1. The first kappa shape index (κ1) is 15.6. The lowest BCUT2D eigenvalue weighted by Crippen LogP contribution is -2.28. The van der Waals surface area contributed by atoms with Gasteiger partial charge in [-0.2, -0.15) is 13.2 Å². The molecule has 0 radical (unpaired) electrons. The van der Waals surface area contributed by atoms with Crippen molar-refractivity contribution in [2.45, 2.75) is 19.5 Å². The molecule has 0 spiro atoms. The molecule has 1 heterocycles. The number of pyridine rings is 1. The van der Waals surface area contributed by atoms with E-state index in [9.17, 15) is 18.0 Å². The molecule has 19 heavy (non-hydrogen) atoms. The van der Waals surface area contributed by atoms with Crippen LogP contribution in [-0.4, -0.2) is 30.2 Å². The molecular weight excluding hydrogens is 283 g/mol. The number of hydrogen-bond donors (Lipinski definition) is 2. The van der Waals surface area contributed by atoms with Crippen molar-refractivity contribution in [1.82, 2.24) is 10.3 Å². The summed E-state index contributed by atoms with van der Waals surface area (Å²) in [5, 5.41) is 5.14. The van der Waals surface area contributed by atoms with Gasteiger partial charge < -0.3 is 10.6 Å². The third-order valence-corrected chi connectivity index (χ3v) is 2.30. The van der Waals surface area contributed by atoms with Gasteiger partial charge in [0.05, 0.1) is 6.42 Å². The van der Waals surface area contributed by atoms with Crippen LogP contribution in [0.3, 0.4) is 0 Å². The van der Waals surface area contributed by atoms with E-state index in [1.54, 1.807) is 0 Å². The maximum absolute atomic E-state index is 11.9. The predicted octanol–water partition coefficient (Wildman–Crippen LogP) is 2.85. The van der Waals surface area contributed by atoms with Crippen LogP contribution in [-0.2, 0) is 0 Å². The molecule has 0 atom stereocenters. The van der Waals surface area contributed by atoms with Crippen molar-refractivity contribution < 1.29 is 18.0 Å². The SMILES string of the molecule is CCNc1cc(C(=O)NCCC(F)(F)F)cc(Cl)n1. The second kappa shape index (κ2) is 6.60. The number of carbonyl (C=O) groups is 1. The minimum atomic E-state index is -4.29. The van der Waals surface area contributed by atoms with Crippen LogP contribution in [0.1, 0.15) is 23.7 Å². The van der Waals surface area contributed by atoms with Gasteiger partial charge in [0.15, 0.2) is 0 Å². The maximum Gasteiger partial charge on any atom is 0.390 e. The Morgan fingerprint density at radius 1 is 1.42 bits per heavy atom.